The smallest absolute Gasteiger partial charge is 0.182 e. The molecule has 0 bridgehead atoms. The van der Waals surface area contributed by atoms with E-state index in [0.717, 1.165) is 11.4 Å². The Morgan fingerprint density at radius 3 is 3.00 bits per heavy atom. The lowest BCUT2D eigenvalue weighted by atomic mass is 10.3. The molecule has 0 spiro atoms. The second-order valence-electron chi connectivity index (χ2n) is 2.65. The molecule has 11 heavy (non-hydrogen) atoms. The van der Waals surface area contributed by atoms with Gasteiger partial charge >= 0.3 is 0 Å². The number of rotatable bonds is 3. The number of pyridine rings is 1. The van der Waals surface area contributed by atoms with Crippen LogP contribution in [0.25, 0.3) is 0 Å². The van der Waals surface area contributed by atoms with Crippen molar-refractivity contribution in [2.24, 2.45) is 0 Å². The van der Waals surface area contributed by atoms with Gasteiger partial charge in [-0.3, -0.25) is 0 Å². The van der Waals surface area contributed by atoms with Gasteiger partial charge in [-0.25, -0.2) is 4.57 Å². The van der Waals surface area contributed by atoms with Gasteiger partial charge in [-0.2, -0.15) is 0 Å². The molecule has 1 nitrogen and oxygen atoms in total. The van der Waals surface area contributed by atoms with E-state index in [0.29, 0.717) is 0 Å². The van der Waals surface area contributed by atoms with E-state index in [1.165, 1.54) is 12.8 Å². The second kappa shape index (κ2) is 4.39. The predicted octanol–water partition coefficient (Wildman–Crippen LogP) is 2.06. The Bertz CT molecular complexity index is 223. The van der Waals surface area contributed by atoms with Crippen LogP contribution in [0.4, 0.5) is 0 Å². The summed E-state index contributed by atoms with van der Waals surface area (Å²) in [4.78, 5) is 1.03. The summed E-state index contributed by atoms with van der Waals surface area (Å²) in [5.41, 5.74) is 0. The summed E-state index contributed by atoms with van der Waals surface area (Å²) in [6, 6.07) is 4.02. The maximum absolute atomic E-state index is 4.26. The Hall–Kier alpha value is -0.500. The van der Waals surface area contributed by atoms with Gasteiger partial charge in [0.2, 0.25) is 0 Å². The zero-order valence-corrected chi connectivity index (χ0v) is 7.72. The van der Waals surface area contributed by atoms with Crippen molar-refractivity contribution in [1.82, 2.24) is 0 Å². The molecule has 0 saturated heterocycles. The molecular weight excluding hydrogens is 154 g/mol. The lowest BCUT2D eigenvalue weighted by molar-refractivity contribution is -0.699. The summed E-state index contributed by atoms with van der Waals surface area (Å²) in [6.45, 7) is 3.30. The first kappa shape index (κ1) is 8.60. The summed E-state index contributed by atoms with van der Waals surface area (Å²) >= 11 is 4.26. The van der Waals surface area contributed by atoms with Crippen LogP contribution >= 0.6 is 12.6 Å². The van der Waals surface area contributed by atoms with Gasteiger partial charge in [0, 0.05) is 12.5 Å². The normalized spacial score (nSPS) is 10.0. The molecule has 0 radical (unpaired) electrons. The Kier molecular flexibility index (Phi) is 3.43. The number of aromatic nitrogens is 1. The number of thiol groups is 1. The first-order valence-corrected chi connectivity index (χ1v) is 4.45. The van der Waals surface area contributed by atoms with Gasteiger partial charge in [-0.05, 0) is 6.07 Å². The minimum atomic E-state index is 1.03. The number of aryl methyl sites for hydroxylation is 1. The van der Waals surface area contributed by atoms with Crippen LogP contribution in [0.3, 0.4) is 0 Å². The molecule has 0 N–H and O–H groups in total. The Balaban J connectivity index is 2.56. The number of hydrogen-bond donors (Lipinski definition) is 1. The highest BCUT2D eigenvalue weighted by molar-refractivity contribution is 7.80. The monoisotopic (exact) mass is 168 g/mol. The van der Waals surface area contributed by atoms with Crippen LogP contribution in [0.15, 0.2) is 29.4 Å². The van der Waals surface area contributed by atoms with Crippen LogP contribution < -0.4 is 4.57 Å². The van der Waals surface area contributed by atoms with E-state index < -0.39 is 0 Å². The summed E-state index contributed by atoms with van der Waals surface area (Å²) in [5, 5.41) is 0. The molecule has 0 aliphatic rings. The number of unbranched alkanes of at least 4 members (excludes halogenated alkanes) is 1. The SMILES string of the molecule is CCCC[n+]1cccc(S)c1. The first-order chi connectivity index (χ1) is 5.33. The third kappa shape index (κ3) is 2.93. The highest BCUT2D eigenvalue weighted by Gasteiger charge is 1.97. The zero-order chi connectivity index (χ0) is 8.10. The summed E-state index contributed by atoms with van der Waals surface area (Å²) < 4.78 is 2.17. The fraction of sp³-hybridized carbons (Fsp3) is 0.444. The van der Waals surface area contributed by atoms with E-state index >= 15 is 0 Å². The van der Waals surface area contributed by atoms with E-state index in [2.05, 4.69) is 36.5 Å². The molecule has 1 aromatic heterocycles. The van der Waals surface area contributed by atoms with Gasteiger partial charge in [0.1, 0.15) is 6.54 Å². The largest absolute Gasteiger partial charge is 0.204 e. The van der Waals surface area contributed by atoms with Gasteiger partial charge in [0.15, 0.2) is 12.4 Å². The van der Waals surface area contributed by atoms with E-state index in [4.69, 9.17) is 0 Å². The molecule has 0 saturated carbocycles. The molecule has 60 valence electrons. The van der Waals surface area contributed by atoms with Crippen molar-refractivity contribution in [1.29, 1.82) is 0 Å². The molecule has 0 atom stereocenters. The summed E-state index contributed by atoms with van der Waals surface area (Å²) in [7, 11) is 0. The van der Waals surface area contributed by atoms with Crippen molar-refractivity contribution in [3.8, 4) is 0 Å². The molecule has 2 heteroatoms. The third-order valence-electron chi connectivity index (χ3n) is 1.61. The topological polar surface area (TPSA) is 3.88 Å². The average Bonchev–Trinajstić information content (AvgIpc) is 2.01. The molecule has 1 rings (SSSR count). The summed E-state index contributed by atoms with van der Waals surface area (Å²) in [6.07, 6.45) is 6.61. The van der Waals surface area contributed by atoms with Crippen LogP contribution in [0, 0.1) is 0 Å². The molecule has 0 aliphatic heterocycles. The number of nitrogens with zero attached hydrogens (tertiary/aromatic N) is 1. The van der Waals surface area contributed by atoms with E-state index in [-0.39, 0.29) is 0 Å². The van der Waals surface area contributed by atoms with Gasteiger partial charge in [0.05, 0.1) is 4.90 Å². The second-order valence-corrected chi connectivity index (χ2v) is 3.17. The van der Waals surface area contributed by atoms with Crippen LogP contribution in [-0.4, -0.2) is 0 Å². The lowest BCUT2D eigenvalue weighted by Crippen LogP contribution is -2.32. The van der Waals surface area contributed by atoms with Crippen LogP contribution in [0.1, 0.15) is 19.8 Å². The molecule has 0 aliphatic carbocycles. The predicted molar refractivity (Wildman–Crippen MR) is 48.8 cm³/mol. The molecule has 1 heterocycles. The quantitative estimate of drug-likeness (QED) is 0.520. The van der Waals surface area contributed by atoms with Gasteiger partial charge in [0.25, 0.3) is 0 Å². The zero-order valence-electron chi connectivity index (χ0n) is 6.83. The van der Waals surface area contributed by atoms with Crippen molar-refractivity contribution in [2.45, 2.75) is 31.2 Å². The molecular formula is C9H14NS+. The van der Waals surface area contributed by atoms with Crippen molar-refractivity contribution in [3.63, 3.8) is 0 Å². The Labute approximate surface area is 73.5 Å². The van der Waals surface area contributed by atoms with Gasteiger partial charge < -0.3 is 0 Å². The van der Waals surface area contributed by atoms with Crippen LogP contribution in [0.5, 0.6) is 0 Å². The molecule has 0 amide bonds. The van der Waals surface area contributed by atoms with E-state index in [1.54, 1.807) is 0 Å². The fourth-order valence-corrected chi connectivity index (χ4v) is 1.22. The third-order valence-corrected chi connectivity index (χ3v) is 1.88. The highest BCUT2D eigenvalue weighted by atomic mass is 32.1. The van der Waals surface area contributed by atoms with Crippen LogP contribution in [0.2, 0.25) is 0 Å². The van der Waals surface area contributed by atoms with Crippen molar-refractivity contribution >= 4 is 12.6 Å². The fourth-order valence-electron chi connectivity index (χ4n) is 0.988. The molecule has 1 aromatic rings. The Morgan fingerprint density at radius 2 is 2.36 bits per heavy atom. The van der Waals surface area contributed by atoms with Crippen molar-refractivity contribution < 1.29 is 4.57 Å². The molecule has 0 aromatic carbocycles. The van der Waals surface area contributed by atoms with Gasteiger partial charge in [-0.1, -0.05) is 13.3 Å². The summed E-state index contributed by atoms with van der Waals surface area (Å²) in [5.74, 6) is 0. The minimum absolute atomic E-state index is 1.03. The van der Waals surface area contributed by atoms with Gasteiger partial charge in [-0.15, -0.1) is 12.6 Å². The minimum Gasteiger partial charge on any atom is -0.204 e. The standard InChI is InChI=1S/C9H13NS/c1-2-3-6-10-7-4-5-9(11)8-10/h4-5,7-8H,2-3,6H2,1H3/p+1. The maximum Gasteiger partial charge on any atom is 0.182 e. The van der Waals surface area contributed by atoms with Crippen LogP contribution in [-0.2, 0) is 6.54 Å². The highest BCUT2D eigenvalue weighted by Crippen LogP contribution is 1.98. The molecule has 0 fully saturated rings. The van der Waals surface area contributed by atoms with E-state index in [1.807, 2.05) is 12.1 Å². The average molecular weight is 168 g/mol. The lowest BCUT2D eigenvalue weighted by Gasteiger charge is -1.94. The van der Waals surface area contributed by atoms with Crippen molar-refractivity contribution in [3.05, 3.63) is 24.5 Å². The maximum atomic E-state index is 4.26. The molecule has 0 unspecified atom stereocenters. The first-order valence-electron chi connectivity index (χ1n) is 4.01. The number of hydrogen-bond acceptors (Lipinski definition) is 1. The van der Waals surface area contributed by atoms with Crippen molar-refractivity contribution in [2.75, 3.05) is 0 Å². The van der Waals surface area contributed by atoms with E-state index in [9.17, 15) is 0 Å². The Morgan fingerprint density at radius 1 is 1.55 bits per heavy atom.